The van der Waals surface area contributed by atoms with Gasteiger partial charge in [0, 0.05) is 25.2 Å². The molecule has 0 spiro atoms. The minimum Gasteiger partial charge on any atom is -0.384 e. The van der Waals surface area contributed by atoms with Gasteiger partial charge in [0.1, 0.15) is 12.1 Å². The van der Waals surface area contributed by atoms with E-state index in [4.69, 9.17) is 4.74 Å². The van der Waals surface area contributed by atoms with Crippen molar-refractivity contribution in [1.29, 1.82) is 0 Å². The third-order valence-corrected chi connectivity index (χ3v) is 3.69. The summed E-state index contributed by atoms with van der Waals surface area (Å²) in [4.78, 5) is 20.4. The van der Waals surface area contributed by atoms with E-state index in [1.165, 1.54) is 16.9 Å². The predicted octanol–water partition coefficient (Wildman–Crippen LogP) is 2.14. The smallest absolute Gasteiger partial charge is 0.222 e. The summed E-state index contributed by atoms with van der Waals surface area (Å²) in [5.74, 6) is -0.0329. The lowest BCUT2D eigenvalue weighted by Gasteiger charge is -2.09. The van der Waals surface area contributed by atoms with Crippen LogP contribution in [0, 0.1) is 5.82 Å². The van der Waals surface area contributed by atoms with Crippen LogP contribution in [0.5, 0.6) is 0 Å². The molecule has 0 saturated carbocycles. The second-order valence-electron chi connectivity index (χ2n) is 5.56. The van der Waals surface area contributed by atoms with Gasteiger partial charge < -0.3 is 10.1 Å². The monoisotopic (exact) mass is 343 g/mol. The topological polar surface area (TPSA) is 81.4 Å². The highest BCUT2D eigenvalue weighted by molar-refractivity contribution is 5.76. The number of carbonyl (C=O) groups is 1. The van der Waals surface area contributed by atoms with E-state index in [1.54, 1.807) is 38.3 Å². The third kappa shape index (κ3) is 3.80. The lowest BCUT2D eigenvalue weighted by atomic mass is 10.1. The quantitative estimate of drug-likeness (QED) is 0.742. The molecule has 1 aromatic carbocycles. The van der Waals surface area contributed by atoms with Crippen molar-refractivity contribution in [2.45, 2.75) is 19.4 Å². The fourth-order valence-electron chi connectivity index (χ4n) is 2.39. The van der Waals surface area contributed by atoms with Crippen LogP contribution in [-0.2, 0) is 9.53 Å². The number of nitrogens with zero attached hydrogens (tertiary/aromatic N) is 4. The van der Waals surface area contributed by atoms with E-state index < -0.39 is 0 Å². The summed E-state index contributed by atoms with van der Waals surface area (Å²) in [6, 6.07) is 7.71. The molecule has 0 unspecified atom stereocenters. The molecule has 0 saturated heterocycles. The van der Waals surface area contributed by atoms with Gasteiger partial charge in [-0.1, -0.05) is 12.1 Å². The van der Waals surface area contributed by atoms with Gasteiger partial charge in [-0.05, 0) is 19.1 Å². The van der Waals surface area contributed by atoms with E-state index in [1.807, 2.05) is 0 Å². The number of nitrogens with one attached hydrogen (secondary N) is 1. The third-order valence-electron chi connectivity index (χ3n) is 3.69. The Morgan fingerprint density at radius 2 is 2.20 bits per heavy atom. The first kappa shape index (κ1) is 17.0. The number of hydrogen-bond donors (Lipinski definition) is 1. The molecule has 2 aromatic heterocycles. The molecular formula is C17H18FN5O2. The number of rotatable bonds is 6. The number of hydrogen-bond acceptors (Lipinski definition) is 5. The second-order valence-corrected chi connectivity index (χ2v) is 5.56. The molecule has 3 rings (SSSR count). The number of fused-ring (bicyclic) bond motifs is 1. The van der Waals surface area contributed by atoms with Gasteiger partial charge in [-0.15, -0.1) is 5.10 Å². The number of aromatic nitrogens is 4. The zero-order chi connectivity index (χ0) is 17.8. The Kier molecular flexibility index (Phi) is 4.99. The van der Waals surface area contributed by atoms with Crippen LogP contribution in [0.15, 0.2) is 36.7 Å². The van der Waals surface area contributed by atoms with Crippen molar-refractivity contribution in [3.05, 3.63) is 48.3 Å². The second kappa shape index (κ2) is 7.35. The van der Waals surface area contributed by atoms with Crippen LogP contribution in [0.4, 0.5) is 4.39 Å². The molecule has 8 heteroatoms. The Morgan fingerprint density at radius 3 is 2.96 bits per heavy atom. The molecule has 1 atom stereocenters. The summed E-state index contributed by atoms with van der Waals surface area (Å²) in [6.07, 6.45) is 1.75. The van der Waals surface area contributed by atoms with E-state index in [0.717, 1.165) is 0 Å². The SMILES string of the molecule is COCCC(=O)N[C@H](C)c1nc2cc(-c3ccccc3F)ncn2n1. The van der Waals surface area contributed by atoms with Crippen LogP contribution in [0.25, 0.3) is 16.9 Å². The zero-order valence-electron chi connectivity index (χ0n) is 13.9. The molecule has 130 valence electrons. The highest BCUT2D eigenvalue weighted by Crippen LogP contribution is 2.21. The summed E-state index contributed by atoms with van der Waals surface area (Å²) in [5, 5.41) is 7.12. The van der Waals surface area contributed by atoms with Crippen molar-refractivity contribution in [2.75, 3.05) is 13.7 Å². The van der Waals surface area contributed by atoms with Gasteiger partial charge >= 0.3 is 0 Å². The van der Waals surface area contributed by atoms with Crippen LogP contribution in [0.2, 0.25) is 0 Å². The van der Waals surface area contributed by atoms with Gasteiger partial charge in [0.15, 0.2) is 11.5 Å². The van der Waals surface area contributed by atoms with Crippen molar-refractivity contribution in [3.8, 4) is 11.3 Å². The molecule has 7 nitrogen and oxygen atoms in total. The van der Waals surface area contributed by atoms with Gasteiger partial charge in [-0.25, -0.2) is 18.9 Å². The van der Waals surface area contributed by atoms with Crippen molar-refractivity contribution < 1.29 is 13.9 Å². The standard InChI is InChI=1S/C17H18FN5O2/c1-11(20-16(24)7-8-25-2)17-21-15-9-14(19-10-23(15)22-17)12-5-3-4-6-13(12)18/h3-6,9-11H,7-8H2,1-2H3,(H,20,24)/t11-/m1/s1. The lowest BCUT2D eigenvalue weighted by Crippen LogP contribution is -2.28. The maximum absolute atomic E-state index is 13.9. The Bertz CT molecular complexity index is 896. The fourth-order valence-corrected chi connectivity index (χ4v) is 2.39. The number of methoxy groups -OCH3 is 1. The molecule has 0 aliphatic heterocycles. The molecule has 2 heterocycles. The van der Waals surface area contributed by atoms with Crippen molar-refractivity contribution >= 4 is 11.6 Å². The maximum atomic E-state index is 13.9. The van der Waals surface area contributed by atoms with Gasteiger partial charge in [-0.3, -0.25) is 4.79 Å². The number of ether oxygens (including phenoxy) is 1. The average Bonchev–Trinajstić information content (AvgIpc) is 3.03. The van der Waals surface area contributed by atoms with Crippen LogP contribution < -0.4 is 5.32 Å². The molecule has 3 aromatic rings. The summed E-state index contributed by atoms with van der Waals surface area (Å²) >= 11 is 0. The Labute approximate surface area is 143 Å². The van der Waals surface area contributed by atoms with E-state index >= 15 is 0 Å². The van der Waals surface area contributed by atoms with E-state index in [2.05, 4.69) is 20.4 Å². The minimum atomic E-state index is -0.360. The Morgan fingerprint density at radius 1 is 1.40 bits per heavy atom. The largest absolute Gasteiger partial charge is 0.384 e. The molecule has 25 heavy (non-hydrogen) atoms. The van der Waals surface area contributed by atoms with Crippen molar-refractivity contribution in [2.24, 2.45) is 0 Å². The highest BCUT2D eigenvalue weighted by Gasteiger charge is 2.16. The molecule has 0 bridgehead atoms. The van der Waals surface area contributed by atoms with Gasteiger partial charge in [0.2, 0.25) is 5.91 Å². The van der Waals surface area contributed by atoms with Gasteiger partial charge in [0.25, 0.3) is 0 Å². The normalized spacial score (nSPS) is 12.3. The van der Waals surface area contributed by atoms with Gasteiger partial charge in [0.05, 0.1) is 18.3 Å². The predicted molar refractivity (Wildman–Crippen MR) is 89.2 cm³/mol. The summed E-state index contributed by atoms with van der Waals surface area (Å²) < 4.78 is 20.3. The average molecular weight is 343 g/mol. The number of carbonyl (C=O) groups excluding carboxylic acids is 1. The van der Waals surface area contributed by atoms with Crippen LogP contribution >= 0.6 is 0 Å². The van der Waals surface area contributed by atoms with Crippen molar-refractivity contribution in [1.82, 2.24) is 24.9 Å². The molecule has 1 amide bonds. The zero-order valence-corrected chi connectivity index (χ0v) is 13.9. The molecule has 0 aliphatic carbocycles. The highest BCUT2D eigenvalue weighted by atomic mass is 19.1. The summed E-state index contributed by atoms with van der Waals surface area (Å²) in [6.45, 7) is 2.15. The van der Waals surface area contributed by atoms with E-state index in [0.29, 0.717) is 29.3 Å². The number of benzene rings is 1. The molecule has 0 aliphatic rings. The molecule has 0 fully saturated rings. The first-order chi connectivity index (χ1) is 12.1. The molecule has 1 N–H and O–H groups in total. The van der Waals surface area contributed by atoms with Crippen molar-refractivity contribution in [3.63, 3.8) is 0 Å². The lowest BCUT2D eigenvalue weighted by molar-refractivity contribution is -0.122. The number of amides is 1. The minimum absolute atomic E-state index is 0.140. The maximum Gasteiger partial charge on any atom is 0.222 e. The summed E-state index contributed by atoms with van der Waals surface area (Å²) in [5.41, 5.74) is 1.40. The van der Waals surface area contributed by atoms with Crippen LogP contribution in [0.1, 0.15) is 25.2 Å². The number of halogens is 1. The molecular weight excluding hydrogens is 325 g/mol. The fraction of sp³-hybridized carbons (Fsp3) is 0.294. The van der Waals surface area contributed by atoms with E-state index in [9.17, 15) is 9.18 Å². The van der Waals surface area contributed by atoms with Gasteiger partial charge in [-0.2, -0.15) is 0 Å². The first-order valence-corrected chi connectivity index (χ1v) is 7.84. The first-order valence-electron chi connectivity index (χ1n) is 7.84. The van der Waals surface area contributed by atoms with Crippen LogP contribution in [0.3, 0.4) is 0 Å². The Hall–Kier alpha value is -2.87. The Balaban J connectivity index is 1.83. The van der Waals surface area contributed by atoms with E-state index in [-0.39, 0.29) is 24.2 Å². The molecule has 0 radical (unpaired) electrons. The summed E-state index contributed by atoms with van der Waals surface area (Å²) in [7, 11) is 1.54. The van der Waals surface area contributed by atoms with Crippen LogP contribution in [-0.4, -0.2) is 39.2 Å².